The summed E-state index contributed by atoms with van der Waals surface area (Å²) in [6.07, 6.45) is 10.5. The number of fused-ring (bicyclic) bond motifs is 1. The van der Waals surface area contributed by atoms with E-state index in [1.165, 1.54) is 6.42 Å². The quantitative estimate of drug-likeness (QED) is 0.661. The Labute approximate surface area is 187 Å². The van der Waals surface area contributed by atoms with Crippen molar-refractivity contribution in [2.45, 2.75) is 63.7 Å². The average Bonchev–Trinajstić information content (AvgIpc) is 3.48. The minimum atomic E-state index is -1.04. The molecule has 1 fully saturated rings. The molecule has 5 rings (SSSR count). The van der Waals surface area contributed by atoms with Crippen LogP contribution in [0, 0.1) is 0 Å². The predicted molar refractivity (Wildman–Crippen MR) is 120 cm³/mol. The van der Waals surface area contributed by atoms with Gasteiger partial charge in [-0.1, -0.05) is 25.3 Å². The third kappa shape index (κ3) is 3.61. The second-order valence-electron chi connectivity index (χ2n) is 9.00. The summed E-state index contributed by atoms with van der Waals surface area (Å²) < 4.78 is 7.52. The van der Waals surface area contributed by atoms with Crippen LogP contribution in [-0.4, -0.2) is 37.8 Å². The summed E-state index contributed by atoms with van der Waals surface area (Å²) in [7, 11) is 0. The molecular weight excluding hydrogens is 404 g/mol. The smallest absolute Gasteiger partial charge is 0.271 e. The van der Waals surface area contributed by atoms with Crippen LogP contribution >= 0.6 is 0 Å². The summed E-state index contributed by atoms with van der Waals surface area (Å²) in [5.41, 5.74) is 1.21. The highest BCUT2D eigenvalue weighted by atomic mass is 16.3. The SMILES string of the molecule is C[C@@]1(C(=O)NC2CCCCC2)Cn2c(ccc2-c2ccco2)C(=O)N1Cc1cccnc1. The summed E-state index contributed by atoms with van der Waals surface area (Å²) in [5.74, 6) is 0.408. The van der Waals surface area contributed by atoms with Gasteiger partial charge in [0.25, 0.3) is 5.91 Å². The number of nitrogens with zero attached hydrogens (tertiary/aromatic N) is 3. The van der Waals surface area contributed by atoms with E-state index in [-0.39, 0.29) is 17.9 Å². The summed E-state index contributed by atoms with van der Waals surface area (Å²) >= 11 is 0. The first-order valence-electron chi connectivity index (χ1n) is 11.3. The molecule has 0 unspecified atom stereocenters. The third-order valence-electron chi connectivity index (χ3n) is 6.77. The molecule has 1 aliphatic heterocycles. The van der Waals surface area contributed by atoms with Gasteiger partial charge < -0.3 is 19.2 Å². The van der Waals surface area contributed by atoms with E-state index in [4.69, 9.17) is 4.42 Å². The van der Waals surface area contributed by atoms with Crippen molar-refractivity contribution in [3.8, 4) is 11.5 Å². The van der Waals surface area contributed by atoms with E-state index >= 15 is 0 Å². The minimum Gasteiger partial charge on any atom is -0.463 e. The molecule has 1 N–H and O–H groups in total. The van der Waals surface area contributed by atoms with Crippen LogP contribution in [-0.2, 0) is 17.9 Å². The number of carbonyl (C=O) groups excluding carboxylic acids is 2. The average molecular weight is 433 g/mol. The standard InChI is InChI=1S/C25H28N4O3/c1-25(24(31)27-19-8-3-2-4-9-19)17-28-20(22-10-6-14-32-22)11-12-21(28)23(30)29(25)16-18-7-5-13-26-15-18/h5-7,10-15,19H,2-4,8-9,16-17H2,1H3,(H,27,31)/t25-/m0/s1. The van der Waals surface area contributed by atoms with Crippen LogP contribution in [0.1, 0.15) is 55.1 Å². The first kappa shape index (κ1) is 20.5. The normalized spacial score (nSPS) is 21.4. The van der Waals surface area contributed by atoms with Crippen LogP contribution in [0.4, 0.5) is 0 Å². The largest absolute Gasteiger partial charge is 0.463 e. The molecule has 1 saturated carbocycles. The van der Waals surface area contributed by atoms with Crippen LogP contribution in [0.15, 0.2) is 59.5 Å². The van der Waals surface area contributed by atoms with Crippen LogP contribution in [0.2, 0.25) is 0 Å². The zero-order chi connectivity index (χ0) is 22.1. The molecule has 2 amide bonds. The predicted octanol–water partition coefficient (Wildman–Crippen LogP) is 4.01. The van der Waals surface area contributed by atoms with Crippen molar-refractivity contribution < 1.29 is 14.0 Å². The molecule has 7 nitrogen and oxygen atoms in total. The van der Waals surface area contributed by atoms with Gasteiger partial charge in [-0.25, -0.2) is 0 Å². The zero-order valence-electron chi connectivity index (χ0n) is 18.3. The van der Waals surface area contributed by atoms with Gasteiger partial charge in [-0.2, -0.15) is 0 Å². The van der Waals surface area contributed by atoms with Gasteiger partial charge in [0.2, 0.25) is 5.91 Å². The number of aromatic nitrogens is 2. The Balaban J connectivity index is 1.52. The van der Waals surface area contributed by atoms with Crippen molar-refractivity contribution in [1.82, 2.24) is 19.8 Å². The van der Waals surface area contributed by atoms with Gasteiger partial charge in [-0.05, 0) is 55.7 Å². The highest BCUT2D eigenvalue weighted by Crippen LogP contribution is 2.34. The molecule has 0 bridgehead atoms. The van der Waals surface area contributed by atoms with Gasteiger partial charge in [0.15, 0.2) is 0 Å². The van der Waals surface area contributed by atoms with E-state index in [9.17, 15) is 9.59 Å². The molecule has 3 aromatic rings. The van der Waals surface area contributed by atoms with E-state index in [1.54, 1.807) is 23.6 Å². The Morgan fingerprint density at radius 3 is 2.69 bits per heavy atom. The molecule has 4 heterocycles. The minimum absolute atomic E-state index is 0.105. The van der Waals surface area contributed by atoms with Crippen molar-refractivity contribution in [2.24, 2.45) is 0 Å². The molecule has 166 valence electrons. The lowest BCUT2D eigenvalue weighted by molar-refractivity contribution is -0.134. The Kier molecular flexibility index (Phi) is 5.33. The Bertz CT molecular complexity index is 1100. The van der Waals surface area contributed by atoms with Crippen LogP contribution in [0.3, 0.4) is 0 Å². The fourth-order valence-electron chi connectivity index (χ4n) is 4.92. The van der Waals surface area contributed by atoms with E-state index in [1.807, 2.05) is 47.9 Å². The lowest BCUT2D eigenvalue weighted by Crippen LogP contribution is -2.64. The number of hydrogen-bond donors (Lipinski definition) is 1. The van der Waals surface area contributed by atoms with Crippen LogP contribution in [0.5, 0.6) is 0 Å². The molecule has 32 heavy (non-hydrogen) atoms. The van der Waals surface area contributed by atoms with E-state index < -0.39 is 5.54 Å². The summed E-state index contributed by atoms with van der Waals surface area (Å²) in [6, 6.07) is 11.3. The van der Waals surface area contributed by atoms with Crippen molar-refractivity contribution in [3.63, 3.8) is 0 Å². The second-order valence-corrected chi connectivity index (χ2v) is 9.00. The molecule has 2 aliphatic rings. The Morgan fingerprint density at radius 2 is 1.97 bits per heavy atom. The highest BCUT2D eigenvalue weighted by Gasteiger charge is 2.48. The van der Waals surface area contributed by atoms with Gasteiger partial charge in [-0.15, -0.1) is 0 Å². The third-order valence-corrected chi connectivity index (χ3v) is 6.77. The van der Waals surface area contributed by atoms with Gasteiger partial charge in [-0.3, -0.25) is 14.6 Å². The first-order chi connectivity index (χ1) is 15.6. The lowest BCUT2D eigenvalue weighted by Gasteiger charge is -2.45. The van der Waals surface area contributed by atoms with E-state index in [0.717, 1.165) is 36.9 Å². The van der Waals surface area contributed by atoms with Crippen molar-refractivity contribution >= 4 is 11.8 Å². The first-order valence-corrected chi connectivity index (χ1v) is 11.3. The Morgan fingerprint density at radius 1 is 1.16 bits per heavy atom. The van der Waals surface area contributed by atoms with Crippen molar-refractivity contribution in [2.75, 3.05) is 0 Å². The number of rotatable bonds is 5. The van der Waals surface area contributed by atoms with Gasteiger partial charge in [0.05, 0.1) is 18.5 Å². The fourth-order valence-corrected chi connectivity index (χ4v) is 4.92. The van der Waals surface area contributed by atoms with Crippen LogP contribution in [0.25, 0.3) is 11.5 Å². The number of pyridine rings is 1. The second kappa shape index (κ2) is 8.30. The maximum atomic E-state index is 13.7. The molecular formula is C25H28N4O3. The maximum Gasteiger partial charge on any atom is 0.271 e. The summed E-state index contributed by atoms with van der Waals surface area (Å²) in [5, 5.41) is 3.26. The van der Waals surface area contributed by atoms with Crippen LogP contribution < -0.4 is 5.32 Å². The topological polar surface area (TPSA) is 80.4 Å². The molecule has 0 aromatic carbocycles. The fraction of sp³-hybridized carbons (Fsp3) is 0.400. The molecule has 1 aliphatic carbocycles. The Hall–Kier alpha value is -3.35. The molecule has 0 spiro atoms. The van der Waals surface area contributed by atoms with E-state index in [0.29, 0.717) is 24.5 Å². The number of carbonyl (C=O) groups is 2. The number of furan rings is 1. The maximum absolute atomic E-state index is 13.7. The monoisotopic (exact) mass is 432 g/mol. The van der Waals surface area contributed by atoms with E-state index in [2.05, 4.69) is 10.3 Å². The molecule has 7 heteroatoms. The highest BCUT2D eigenvalue weighted by molar-refractivity contribution is 6.00. The summed E-state index contributed by atoms with van der Waals surface area (Å²) in [6.45, 7) is 2.55. The van der Waals surface area contributed by atoms with Gasteiger partial charge >= 0.3 is 0 Å². The number of amides is 2. The van der Waals surface area contributed by atoms with Gasteiger partial charge in [0.1, 0.15) is 17.0 Å². The summed E-state index contributed by atoms with van der Waals surface area (Å²) in [4.78, 5) is 33.3. The van der Waals surface area contributed by atoms with Gasteiger partial charge in [0, 0.05) is 25.0 Å². The molecule has 3 aromatic heterocycles. The zero-order valence-corrected chi connectivity index (χ0v) is 18.3. The van der Waals surface area contributed by atoms with Crippen molar-refractivity contribution in [3.05, 3.63) is 66.3 Å². The lowest BCUT2D eigenvalue weighted by atomic mass is 9.91. The van der Waals surface area contributed by atoms with Crippen molar-refractivity contribution in [1.29, 1.82) is 0 Å². The molecule has 0 saturated heterocycles. The number of nitrogens with one attached hydrogen (secondary N) is 1. The number of hydrogen-bond acceptors (Lipinski definition) is 4. The molecule has 1 atom stereocenters. The molecule has 0 radical (unpaired) electrons.